The molecule has 2 aromatic rings. The smallest absolute Gasteiger partial charge is 0.251 e. The van der Waals surface area contributed by atoms with Gasteiger partial charge in [-0.3, -0.25) is 0 Å². The van der Waals surface area contributed by atoms with E-state index < -0.39 is 10.0 Å². The third-order valence-corrected chi connectivity index (χ3v) is 4.13. The second-order valence-corrected chi connectivity index (χ2v) is 6.38. The topological polar surface area (TPSA) is 77.0 Å². The van der Waals surface area contributed by atoms with Crippen molar-refractivity contribution < 1.29 is 17.9 Å². The molecule has 23 heavy (non-hydrogen) atoms. The first-order valence-electron chi connectivity index (χ1n) is 6.83. The van der Waals surface area contributed by atoms with E-state index in [-0.39, 0.29) is 5.75 Å². The van der Waals surface area contributed by atoms with Gasteiger partial charge in [0.1, 0.15) is 0 Å². The summed E-state index contributed by atoms with van der Waals surface area (Å²) in [6.45, 7) is 0. The first-order valence-corrected chi connectivity index (χ1v) is 8.48. The second-order valence-electron chi connectivity index (χ2n) is 4.68. The zero-order chi connectivity index (χ0) is 16.7. The molecule has 0 heterocycles. The van der Waals surface area contributed by atoms with Gasteiger partial charge < -0.3 is 9.47 Å². The summed E-state index contributed by atoms with van der Waals surface area (Å²) in [4.78, 5) is 2.19. The predicted molar refractivity (Wildman–Crippen MR) is 89.3 cm³/mol. The van der Waals surface area contributed by atoms with Crippen LogP contribution in [0.3, 0.4) is 0 Å². The monoisotopic (exact) mass is 334 g/mol. The second kappa shape index (κ2) is 7.64. The van der Waals surface area contributed by atoms with Crippen molar-refractivity contribution in [2.24, 2.45) is 5.10 Å². The van der Waals surface area contributed by atoms with E-state index in [1.54, 1.807) is 42.5 Å². The molecule has 0 fully saturated rings. The summed E-state index contributed by atoms with van der Waals surface area (Å²) in [7, 11) is -0.522. The van der Waals surface area contributed by atoms with Crippen molar-refractivity contribution in [2.45, 2.75) is 5.75 Å². The molecule has 0 amide bonds. The summed E-state index contributed by atoms with van der Waals surface area (Å²) in [5, 5.41) is 3.79. The molecular formula is C16H18N2O4S. The van der Waals surface area contributed by atoms with Gasteiger partial charge in [0.15, 0.2) is 11.5 Å². The molecule has 0 aliphatic rings. The molecule has 7 heteroatoms. The third kappa shape index (κ3) is 4.72. The Balaban J connectivity index is 2.09. The molecule has 0 saturated heterocycles. The van der Waals surface area contributed by atoms with E-state index in [1.807, 2.05) is 6.07 Å². The molecule has 6 nitrogen and oxygen atoms in total. The van der Waals surface area contributed by atoms with E-state index in [0.29, 0.717) is 22.6 Å². The van der Waals surface area contributed by atoms with Crippen LogP contribution in [0.1, 0.15) is 11.1 Å². The fourth-order valence-corrected chi connectivity index (χ4v) is 2.92. The highest BCUT2D eigenvalue weighted by Crippen LogP contribution is 2.29. The number of methoxy groups -OCH3 is 2. The molecule has 0 spiro atoms. The van der Waals surface area contributed by atoms with Crippen LogP contribution in [0, 0.1) is 0 Å². The number of nitrogens with one attached hydrogen (secondary N) is 1. The maximum Gasteiger partial charge on any atom is 0.251 e. The van der Waals surface area contributed by atoms with Gasteiger partial charge in [0.2, 0.25) is 0 Å². The quantitative estimate of drug-likeness (QED) is 0.622. The van der Waals surface area contributed by atoms with Gasteiger partial charge in [-0.2, -0.15) is 5.10 Å². The van der Waals surface area contributed by atoms with Crippen molar-refractivity contribution in [3.8, 4) is 11.5 Å². The minimum Gasteiger partial charge on any atom is -0.493 e. The first-order chi connectivity index (χ1) is 11.1. The van der Waals surface area contributed by atoms with Crippen LogP contribution >= 0.6 is 0 Å². The predicted octanol–water partition coefficient (Wildman–Crippen LogP) is 2.16. The molecule has 0 unspecified atom stereocenters. The Morgan fingerprint density at radius 2 is 1.78 bits per heavy atom. The van der Waals surface area contributed by atoms with Gasteiger partial charge in [0.25, 0.3) is 10.0 Å². The fraction of sp³-hybridized carbons (Fsp3) is 0.188. The largest absolute Gasteiger partial charge is 0.493 e. The molecule has 2 aromatic carbocycles. The number of hydrogen-bond donors (Lipinski definition) is 1. The van der Waals surface area contributed by atoms with Crippen molar-refractivity contribution in [3.63, 3.8) is 0 Å². The summed E-state index contributed by atoms with van der Waals surface area (Å²) in [6, 6.07) is 14.1. The van der Waals surface area contributed by atoms with Gasteiger partial charge in [-0.25, -0.2) is 13.2 Å². The number of hydrogen-bond acceptors (Lipinski definition) is 5. The Kier molecular flexibility index (Phi) is 5.59. The lowest BCUT2D eigenvalue weighted by atomic mass is 10.2. The van der Waals surface area contributed by atoms with Gasteiger partial charge in [-0.1, -0.05) is 36.4 Å². The molecule has 0 saturated carbocycles. The number of rotatable bonds is 7. The van der Waals surface area contributed by atoms with Gasteiger partial charge in [-0.05, 0) is 17.7 Å². The lowest BCUT2D eigenvalue weighted by Gasteiger charge is -2.09. The number of hydrazone groups is 1. The Hall–Kier alpha value is -2.54. The number of ether oxygens (including phenoxy) is 2. The number of sulfonamides is 1. The van der Waals surface area contributed by atoms with Crippen molar-refractivity contribution in [3.05, 3.63) is 59.7 Å². The molecule has 0 radical (unpaired) electrons. The van der Waals surface area contributed by atoms with Crippen molar-refractivity contribution >= 4 is 16.2 Å². The number of benzene rings is 2. The van der Waals surface area contributed by atoms with Crippen LogP contribution in [-0.4, -0.2) is 28.9 Å². The maximum atomic E-state index is 12.0. The lowest BCUT2D eigenvalue weighted by molar-refractivity contribution is 0.354. The summed E-state index contributed by atoms with van der Waals surface area (Å²) < 4.78 is 34.4. The average molecular weight is 334 g/mol. The molecule has 0 bridgehead atoms. The van der Waals surface area contributed by atoms with E-state index >= 15 is 0 Å². The van der Waals surface area contributed by atoms with E-state index in [9.17, 15) is 8.42 Å². The van der Waals surface area contributed by atoms with Crippen molar-refractivity contribution in [2.75, 3.05) is 14.2 Å². The highest BCUT2D eigenvalue weighted by molar-refractivity contribution is 7.88. The SMILES string of the molecule is COc1cccc(/C=N/NS(=O)(=O)Cc2ccccc2)c1OC. The number of nitrogens with zero attached hydrogens (tertiary/aromatic N) is 1. The van der Waals surface area contributed by atoms with Crippen molar-refractivity contribution in [1.29, 1.82) is 0 Å². The molecule has 0 aliphatic carbocycles. The Morgan fingerprint density at radius 1 is 1.04 bits per heavy atom. The standard InChI is InChI=1S/C16H18N2O4S/c1-21-15-10-6-9-14(16(15)22-2)11-17-18-23(19,20)12-13-7-4-3-5-8-13/h3-11,18H,12H2,1-2H3/b17-11+. The van der Waals surface area contributed by atoms with Crippen LogP contribution in [0.4, 0.5) is 0 Å². The maximum absolute atomic E-state index is 12.0. The normalized spacial score (nSPS) is 11.4. The van der Waals surface area contributed by atoms with Crippen LogP contribution in [0.15, 0.2) is 53.6 Å². The molecule has 0 aliphatic heterocycles. The Morgan fingerprint density at radius 3 is 2.43 bits per heavy atom. The highest BCUT2D eigenvalue weighted by atomic mass is 32.2. The third-order valence-electron chi connectivity index (χ3n) is 3.03. The molecular weight excluding hydrogens is 316 g/mol. The summed E-state index contributed by atoms with van der Waals surface area (Å²) in [5.41, 5.74) is 1.29. The minimum absolute atomic E-state index is 0.138. The van der Waals surface area contributed by atoms with Crippen LogP contribution in [0.25, 0.3) is 0 Å². The van der Waals surface area contributed by atoms with Crippen LogP contribution in [0.5, 0.6) is 11.5 Å². The number of para-hydroxylation sites is 1. The van der Waals surface area contributed by atoms with Crippen LogP contribution < -0.4 is 14.3 Å². The minimum atomic E-state index is -3.56. The highest BCUT2D eigenvalue weighted by Gasteiger charge is 2.10. The van der Waals surface area contributed by atoms with Crippen molar-refractivity contribution in [1.82, 2.24) is 4.83 Å². The van der Waals surface area contributed by atoms with Crippen LogP contribution in [-0.2, 0) is 15.8 Å². The summed E-state index contributed by atoms with van der Waals surface area (Å²) in [5.74, 6) is 0.894. The van der Waals surface area contributed by atoms with E-state index in [1.165, 1.54) is 20.4 Å². The molecule has 2 rings (SSSR count). The molecule has 1 N–H and O–H groups in total. The lowest BCUT2D eigenvalue weighted by Crippen LogP contribution is -2.20. The fourth-order valence-electron chi connectivity index (χ4n) is 2.02. The van der Waals surface area contributed by atoms with E-state index in [2.05, 4.69) is 9.93 Å². The summed E-state index contributed by atoms with van der Waals surface area (Å²) >= 11 is 0. The molecule has 0 aromatic heterocycles. The van der Waals surface area contributed by atoms with E-state index in [4.69, 9.17) is 9.47 Å². The molecule has 0 atom stereocenters. The zero-order valence-corrected chi connectivity index (χ0v) is 13.7. The Bertz CT molecular complexity index is 774. The first kappa shape index (κ1) is 16.8. The van der Waals surface area contributed by atoms with Gasteiger partial charge in [-0.15, -0.1) is 0 Å². The molecule has 122 valence electrons. The van der Waals surface area contributed by atoms with Gasteiger partial charge >= 0.3 is 0 Å². The Labute approximate surface area is 135 Å². The summed E-state index contributed by atoms with van der Waals surface area (Å²) in [6.07, 6.45) is 1.38. The zero-order valence-electron chi connectivity index (χ0n) is 12.9. The van der Waals surface area contributed by atoms with E-state index in [0.717, 1.165) is 0 Å². The average Bonchev–Trinajstić information content (AvgIpc) is 2.54. The van der Waals surface area contributed by atoms with Gasteiger partial charge in [0.05, 0.1) is 26.2 Å². The van der Waals surface area contributed by atoms with Gasteiger partial charge in [0, 0.05) is 5.56 Å². The van der Waals surface area contributed by atoms with Crippen LogP contribution in [0.2, 0.25) is 0 Å².